The van der Waals surface area contributed by atoms with Crippen molar-refractivity contribution in [3.63, 3.8) is 0 Å². The van der Waals surface area contributed by atoms with Gasteiger partial charge in [-0.1, -0.05) is 23.2 Å². The molecule has 1 amide bonds. The highest BCUT2D eigenvalue weighted by Crippen LogP contribution is 2.14. The Morgan fingerprint density at radius 2 is 1.85 bits per heavy atom. The summed E-state index contributed by atoms with van der Waals surface area (Å²) in [6.07, 6.45) is 0.111. The molecule has 1 fully saturated rings. The Morgan fingerprint density at radius 3 is 2.23 bits per heavy atom. The van der Waals surface area contributed by atoms with Crippen LogP contribution in [0.2, 0.25) is 0 Å². The Bertz CT molecular complexity index is 189. The molecular weight excluding hydrogens is 213 g/mol. The standard InChI is InChI=1S/C8H13Cl2NO2/c1-5-3-11(4-6(2)13-5)8(12)7(9)10/h5-7H,3-4H2,1-2H3. The lowest BCUT2D eigenvalue weighted by Gasteiger charge is -2.35. The zero-order valence-electron chi connectivity index (χ0n) is 7.67. The van der Waals surface area contributed by atoms with Crippen molar-refractivity contribution in [2.75, 3.05) is 13.1 Å². The molecule has 1 heterocycles. The fraction of sp³-hybridized carbons (Fsp3) is 0.875. The summed E-state index contributed by atoms with van der Waals surface area (Å²) in [5.74, 6) is -0.231. The maximum absolute atomic E-state index is 11.4. The lowest BCUT2D eigenvalue weighted by atomic mass is 10.2. The molecule has 1 rings (SSSR count). The summed E-state index contributed by atoms with van der Waals surface area (Å²) < 4.78 is 5.47. The molecule has 0 saturated carbocycles. The SMILES string of the molecule is CC1CN(C(=O)C(Cl)Cl)CC(C)O1. The Balaban J connectivity index is 2.55. The van der Waals surface area contributed by atoms with E-state index in [-0.39, 0.29) is 18.1 Å². The molecule has 76 valence electrons. The summed E-state index contributed by atoms with van der Waals surface area (Å²) in [6, 6.07) is 0. The van der Waals surface area contributed by atoms with Crippen LogP contribution in [0.4, 0.5) is 0 Å². The van der Waals surface area contributed by atoms with Crippen molar-refractivity contribution in [2.45, 2.75) is 30.9 Å². The van der Waals surface area contributed by atoms with E-state index in [0.29, 0.717) is 13.1 Å². The second-order valence-electron chi connectivity index (χ2n) is 3.30. The second-order valence-corrected chi connectivity index (χ2v) is 4.40. The van der Waals surface area contributed by atoms with Gasteiger partial charge in [-0.15, -0.1) is 0 Å². The number of alkyl halides is 2. The first-order valence-corrected chi connectivity index (χ1v) is 5.10. The highest BCUT2D eigenvalue weighted by atomic mass is 35.5. The fourth-order valence-electron chi connectivity index (χ4n) is 1.50. The summed E-state index contributed by atoms with van der Waals surface area (Å²) in [4.78, 5) is 12.1. The van der Waals surface area contributed by atoms with Gasteiger partial charge in [-0.05, 0) is 13.8 Å². The lowest BCUT2D eigenvalue weighted by Crippen LogP contribution is -2.49. The van der Waals surface area contributed by atoms with Crippen LogP contribution in [0.3, 0.4) is 0 Å². The third-order valence-electron chi connectivity index (χ3n) is 1.92. The van der Waals surface area contributed by atoms with Crippen LogP contribution in [0, 0.1) is 0 Å². The summed E-state index contributed by atoms with van der Waals surface area (Å²) >= 11 is 11.0. The highest BCUT2D eigenvalue weighted by Gasteiger charge is 2.28. The highest BCUT2D eigenvalue weighted by molar-refractivity contribution is 6.53. The summed E-state index contributed by atoms with van der Waals surface area (Å²) in [5.41, 5.74) is 0. The van der Waals surface area contributed by atoms with Crippen molar-refractivity contribution in [1.29, 1.82) is 0 Å². The van der Waals surface area contributed by atoms with Gasteiger partial charge >= 0.3 is 0 Å². The van der Waals surface area contributed by atoms with E-state index in [2.05, 4.69) is 0 Å². The zero-order valence-corrected chi connectivity index (χ0v) is 9.18. The van der Waals surface area contributed by atoms with Crippen LogP contribution >= 0.6 is 23.2 Å². The molecule has 5 heteroatoms. The quantitative estimate of drug-likeness (QED) is 0.633. The number of morpholine rings is 1. The molecule has 3 nitrogen and oxygen atoms in total. The number of carbonyl (C=O) groups excluding carboxylic acids is 1. The average molecular weight is 226 g/mol. The summed E-state index contributed by atoms with van der Waals surface area (Å²) in [6.45, 7) is 4.99. The molecule has 2 unspecified atom stereocenters. The van der Waals surface area contributed by atoms with Gasteiger partial charge in [0.25, 0.3) is 5.91 Å². The molecule has 2 atom stereocenters. The van der Waals surface area contributed by atoms with E-state index in [4.69, 9.17) is 27.9 Å². The van der Waals surface area contributed by atoms with Gasteiger partial charge < -0.3 is 9.64 Å². The van der Waals surface area contributed by atoms with E-state index in [9.17, 15) is 4.79 Å². The van der Waals surface area contributed by atoms with Crippen LogP contribution in [0.15, 0.2) is 0 Å². The molecule has 1 saturated heterocycles. The van der Waals surface area contributed by atoms with Crippen LogP contribution in [-0.2, 0) is 9.53 Å². The van der Waals surface area contributed by atoms with Gasteiger partial charge in [0.2, 0.25) is 0 Å². The van der Waals surface area contributed by atoms with E-state index in [1.807, 2.05) is 13.8 Å². The van der Waals surface area contributed by atoms with Gasteiger partial charge in [-0.2, -0.15) is 0 Å². The minimum Gasteiger partial charge on any atom is -0.372 e. The Kier molecular flexibility index (Phi) is 3.83. The van der Waals surface area contributed by atoms with Crippen LogP contribution in [0.25, 0.3) is 0 Å². The number of hydrogen-bond donors (Lipinski definition) is 0. The van der Waals surface area contributed by atoms with E-state index >= 15 is 0 Å². The summed E-state index contributed by atoms with van der Waals surface area (Å²) in [5, 5.41) is 0. The third kappa shape index (κ3) is 3.01. The van der Waals surface area contributed by atoms with Crippen LogP contribution in [0.1, 0.15) is 13.8 Å². The normalized spacial score (nSPS) is 29.5. The third-order valence-corrected chi connectivity index (χ3v) is 2.29. The molecule has 1 aliphatic rings. The van der Waals surface area contributed by atoms with Gasteiger partial charge in [0.15, 0.2) is 4.84 Å². The molecule has 0 aromatic rings. The molecule has 0 aliphatic carbocycles. The Morgan fingerprint density at radius 1 is 1.38 bits per heavy atom. The monoisotopic (exact) mass is 225 g/mol. The number of hydrogen-bond acceptors (Lipinski definition) is 2. The van der Waals surface area contributed by atoms with Gasteiger partial charge in [0.1, 0.15) is 0 Å². The van der Waals surface area contributed by atoms with Crippen LogP contribution < -0.4 is 0 Å². The van der Waals surface area contributed by atoms with Crippen molar-refractivity contribution >= 4 is 29.1 Å². The molecule has 0 bridgehead atoms. The molecular formula is C8H13Cl2NO2. The van der Waals surface area contributed by atoms with Gasteiger partial charge in [0.05, 0.1) is 12.2 Å². The first-order chi connectivity index (χ1) is 6.00. The van der Waals surface area contributed by atoms with Crippen LogP contribution in [-0.4, -0.2) is 40.9 Å². The molecule has 0 aromatic carbocycles. The molecule has 13 heavy (non-hydrogen) atoms. The largest absolute Gasteiger partial charge is 0.372 e. The van der Waals surface area contributed by atoms with Crippen LogP contribution in [0.5, 0.6) is 0 Å². The predicted octanol–water partition coefficient (Wildman–Crippen LogP) is 1.43. The maximum atomic E-state index is 11.4. The van der Waals surface area contributed by atoms with Crippen molar-refractivity contribution in [3.05, 3.63) is 0 Å². The van der Waals surface area contributed by atoms with E-state index in [0.717, 1.165) is 0 Å². The molecule has 0 aromatic heterocycles. The number of halogens is 2. The summed E-state index contributed by atoms with van der Waals surface area (Å²) in [7, 11) is 0. The second kappa shape index (κ2) is 4.49. The Hall–Kier alpha value is 0.01000. The van der Waals surface area contributed by atoms with E-state index < -0.39 is 4.84 Å². The lowest BCUT2D eigenvalue weighted by molar-refractivity contribution is -0.141. The number of ether oxygens (including phenoxy) is 1. The van der Waals surface area contributed by atoms with Crippen molar-refractivity contribution < 1.29 is 9.53 Å². The van der Waals surface area contributed by atoms with Crippen molar-refractivity contribution in [3.8, 4) is 0 Å². The number of amides is 1. The maximum Gasteiger partial charge on any atom is 0.256 e. The van der Waals surface area contributed by atoms with Gasteiger partial charge in [-0.3, -0.25) is 4.79 Å². The van der Waals surface area contributed by atoms with Crippen molar-refractivity contribution in [1.82, 2.24) is 4.90 Å². The Labute approximate surface area is 87.9 Å². The number of rotatable bonds is 1. The topological polar surface area (TPSA) is 29.5 Å². The van der Waals surface area contributed by atoms with E-state index in [1.165, 1.54) is 0 Å². The molecule has 1 aliphatic heterocycles. The smallest absolute Gasteiger partial charge is 0.256 e. The molecule has 0 radical (unpaired) electrons. The molecule has 0 spiro atoms. The number of nitrogens with zero attached hydrogens (tertiary/aromatic N) is 1. The van der Waals surface area contributed by atoms with Gasteiger partial charge in [0, 0.05) is 13.1 Å². The minimum atomic E-state index is -0.961. The van der Waals surface area contributed by atoms with Crippen molar-refractivity contribution in [2.24, 2.45) is 0 Å². The average Bonchev–Trinajstić information content (AvgIpc) is 2.01. The number of carbonyl (C=O) groups is 1. The minimum absolute atomic E-state index is 0.0554. The first-order valence-electron chi connectivity index (χ1n) is 4.23. The fourth-order valence-corrected chi connectivity index (χ4v) is 1.77. The predicted molar refractivity (Wildman–Crippen MR) is 52.1 cm³/mol. The van der Waals surface area contributed by atoms with Gasteiger partial charge in [-0.25, -0.2) is 0 Å². The molecule has 0 N–H and O–H groups in total. The van der Waals surface area contributed by atoms with E-state index in [1.54, 1.807) is 4.90 Å². The first kappa shape index (κ1) is 11.1. The zero-order chi connectivity index (χ0) is 10.0.